The minimum atomic E-state index is -0.919. The number of benzene rings is 1. The lowest BCUT2D eigenvalue weighted by molar-refractivity contribution is -0.384. The van der Waals surface area contributed by atoms with E-state index in [1.54, 1.807) is 17.5 Å². The number of rotatable bonds is 5. The minimum absolute atomic E-state index is 0.0902. The van der Waals surface area contributed by atoms with Gasteiger partial charge in [-0.3, -0.25) is 19.7 Å². The first-order valence-corrected chi connectivity index (χ1v) is 7.40. The molecule has 1 unspecified atom stereocenters. The van der Waals surface area contributed by atoms with Gasteiger partial charge in [0, 0.05) is 29.2 Å². The summed E-state index contributed by atoms with van der Waals surface area (Å²) in [6, 6.07) is 8.57. The number of aliphatic hydroxyl groups is 1. The molecule has 9 heteroatoms. The number of thiophene rings is 1. The fraction of sp³-hybridized carbons (Fsp3) is 0.143. The zero-order chi connectivity index (χ0) is 16.8. The van der Waals surface area contributed by atoms with Gasteiger partial charge in [-0.1, -0.05) is 6.07 Å². The van der Waals surface area contributed by atoms with Gasteiger partial charge >= 0.3 is 11.8 Å². The normalized spacial score (nSPS) is 11.5. The molecule has 0 aliphatic carbocycles. The van der Waals surface area contributed by atoms with E-state index in [0.29, 0.717) is 4.88 Å². The smallest absolute Gasteiger partial charge is 0.313 e. The highest BCUT2D eigenvalue weighted by atomic mass is 32.1. The molecule has 1 atom stereocenters. The molecule has 0 radical (unpaired) electrons. The summed E-state index contributed by atoms with van der Waals surface area (Å²) in [6.45, 7) is -0.0902. The summed E-state index contributed by atoms with van der Waals surface area (Å²) in [5.74, 6) is -1.82. The number of nitrogens with one attached hydrogen (secondary N) is 2. The predicted octanol–water partition coefficient (Wildman–Crippen LogP) is 1.44. The number of aliphatic hydroxyl groups excluding tert-OH is 1. The summed E-state index contributed by atoms with van der Waals surface area (Å²) >= 11 is 1.34. The van der Waals surface area contributed by atoms with Crippen molar-refractivity contribution in [3.63, 3.8) is 0 Å². The molecule has 1 aromatic heterocycles. The molecule has 1 heterocycles. The van der Waals surface area contributed by atoms with Crippen molar-refractivity contribution in [1.29, 1.82) is 0 Å². The molecule has 0 aliphatic rings. The summed E-state index contributed by atoms with van der Waals surface area (Å²) in [4.78, 5) is 34.0. The van der Waals surface area contributed by atoms with Gasteiger partial charge in [0.25, 0.3) is 5.69 Å². The molecule has 23 heavy (non-hydrogen) atoms. The Balaban J connectivity index is 1.85. The Kier molecular flexibility index (Phi) is 5.39. The van der Waals surface area contributed by atoms with Gasteiger partial charge in [0.2, 0.25) is 0 Å². The third kappa shape index (κ3) is 4.59. The van der Waals surface area contributed by atoms with Crippen molar-refractivity contribution in [3.05, 3.63) is 56.8 Å². The van der Waals surface area contributed by atoms with Crippen molar-refractivity contribution in [1.82, 2.24) is 5.32 Å². The molecule has 1 aromatic carbocycles. The third-order valence-corrected chi connectivity index (χ3v) is 3.84. The lowest BCUT2D eigenvalue weighted by Crippen LogP contribution is -2.37. The first-order valence-electron chi connectivity index (χ1n) is 6.52. The fourth-order valence-electron chi connectivity index (χ4n) is 1.71. The Morgan fingerprint density at radius 1 is 1.22 bits per heavy atom. The zero-order valence-electron chi connectivity index (χ0n) is 11.8. The largest absolute Gasteiger partial charge is 0.386 e. The minimum Gasteiger partial charge on any atom is -0.386 e. The number of anilines is 1. The molecule has 0 bridgehead atoms. The molecule has 2 rings (SSSR count). The monoisotopic (exact) mass is 335 g/mol. The summed E-state index contributed by atoms with van der Waals surface area (Å²) in [5, 5.41) is 26.8. The number of amides is 2. The van der Waals surface area contributed by atoms with Crippen molar-refractivity contribution in [3.8, 4) is 0 Å². The summed E-state index contributed by atoms with van der Waals surface area (Å²) in [6.07, 6.45) is -0.883. The van der Waals surface area contributed by atoms with Crippen LogP contribution in [0.3, 0.4) is 0 Å². The van der Waals surface area contributed by atoms with Crippen molar-refractivity contribution in [2.45, 2.75) is 6.10 Å². The number of carbonyl (C=O) groups excluding carboxylic acids is 2. The molecular weight excluding hydrogens is 322 g/mol. The number of nitrogens with zero attached hydrogens (tertiary/aromatic N) is 1. The lowest BCUT2D eigenvalue weighted by Gasteiger charge is -2.10. The Morgan fingerprint density at radius 3 is 2.48 bits per heavy atom. The van der Waals surface area contributed by atoms with Crippen LogP contribution in [0.4, 0.5) is 11.4 Å². The van der Waals surface area contributed by atoms with Gasteiger partial charge in [-0.05, 0) is 23.6 Å². The second kappa shape index (κ2) is 7.47. The van der Waals surface area contributed by atoms with Crippen LogP contribution in [0, 0.1) is 10.1 Å². The number of non-ortho nitro benzene ring substituents is 1. The van der Waals surface area contributed by atoms with Gasteiger partial charge < -0.3 is 15.7 Å². The van der Waals surface area contributed by atoms with Gasteiger partial charge in [0.1, 0.15) is 6.10 Å². The summed E-state index contributed by atoms with van der Waals surface area (Å²) < 4.78 is 0. The van der Waals surface area contributed by atoms with Crippen LogP contribution in [0.5, 0.6) is 0 Å². The molecule has 2 amide bonds. The standard InChI is InChI=1S/C14H13N3O5S/c18-11(12-2-1-7-23-12)8-15-13(19)14(20)16-9-3-5-10(6-4-9)17(21)22/h1-7,11,18H,8H2,(H,15,19)(H,16,20). The van der Waals surface area contributed by atoms with E-state index >= 15 is 0 Å². The molecule has 3 N–H and O–H groups in total. The topological polar surface area (TPSA) is 122 Å². The maximum Gasteiger partial charge on any atom is 0.313 e. The van der Waals surface area contributed by atoms with Crippen LogP contribution in [-0.2, 0) is 9.59 Å². The van der Waals surface area contributed by atoms with E-state index < -0.39 is 22.8 Å². The van der Waals surface area contributed by atoms with Crippen molar-refractivity contribution in [2.75, 3.05) is 11.9 Å². The fourth-order valence-corrected chi connectivity index (χ4v) is 2.42. The Hall–Kier alpha value is -2.78. The highest BCUT2D eigenvalue weighted by Crippen LogP contribution is 2.18. The van der Waals surface area contributed by atoms with E-state index in [2.05, 4.69) is 10.6 Å². The molecule has 0 saturated carbocycles. The molecule has 0 spiro atoms. The second-order valence-corrected chi connectivity index (χ2v) is 5.48. The van der Waals surface area contributed by atoms with Crippen molar-refractivity contribution < 1.29 is 19.6 Å². The van der Waals surface area contributed by atoms with E-state index in [0.717, 1.165) is 0 Å². The highest BCUT2D eigenvalue weighted by molar-refractivity contribution is 7.10. The molecule has 2 aromatic rings. The van der Waals surface area contributed by atoms with Gasteiger partial charge in [0.15, 0.2) is 0 Å². The van der Waals surface area contributed by atoms with E-state index in [1.165, 1.54) is 35.6 Å². The quantitative estimate of drug-likeness (QED) is 0.434. The first-order chi connectivity index (χ1) is 11.0. The molecule has 0 fully saturated rings. The van der Waals surface area contributed by atoms with E-state index in [1.807, 2.05) is 0 Å². The Morgan fingerprint density at radius 2 is 1.91 bits per heavy atom. The molecule has 120 valence electrons. The van der Waals surface area contributed by atoms with E-state index in [9.17, 15) is 24.8 Å². The average molecular weight is 335 g/mol. The molecule has 8 nitrogen and oxygen atoms in total. The third-order valence-electron chi connectivity index (χ3n) is 2.87. The second-order valence-electron chi connectivity index (χ2n) is 4.50. The first kappa shape index (κ1) is 16.6. The highest BCUT2D eigenvalue weighted by Gasteiger charge is 2.16. The number of nitro groups is 1. The van der Waals surface area contributed by atoms with Crippen LogP contribution in [0.2, 0.25) is 0 Å². The Bertz CT molecular complexity index is 700. The molecular formula is C14H13N3O5S. The van der Waals surface area contributed by atoms with Crippen LogP contribution >= 0.6 is 11.3 Å². The molecule has 0 aliphatic heterocycles. The van der Waals surface area contributed by atoms with Crippen LogP contribution in [0.1, 0.15) is 11.0 Å². The van der Waals surface area contributed by atoms with Crippen molar-refractivity contribution in [2.24, 2.45) is 0 Å². The van der Waals surface area contributed by atoms with Gasteiger partial charge in [-0.25, -0.2) is 0 Å². The Labute approximate surface area is 134 Å². The number of carbonyl (C=O) groups is 2. The lowest BCUT2D eigenvalue weighted by atomic mass is 10.2. The summed E-state index contributed by atoms with van der Waals surface area (Å²) in [5.41, 5.74) is 0.140. The van der Waals surface area contributed by atoms with Crippen LogP contribution < -0.4 is 10.6 Å². The number of nitro benzene ring substituents is 1. The number of hydrogen-bond acceptors (Lipinski definition) is 6. The molecule has 0 saturated heterocycles. The summed E-state index contributed by atoms with van der Waals surface area (Å²) in [7, 11) is 0. The van der Waals surface area contributed by atoms with Gasteiger partial charge in [-0.2, -0.15) is 0 Å². The van der Waals surface area contributed by atoms with Crippen LogP contribution in [0.15, 0.2) is 41.8 Å². The SMILES string of the molecule is O=C(NCC(O)c1cccs1)C(=O)Nc1ccc([N+](=O)[O-])cc1. The maximum atomic E-state index is 11.7. The van der Waals surface area contributed by atoms with Crippen LogP contribution in [-0.4, -0.2) is 28.4 Å². The average Bonchev–Trinajstić information content (AvgIpc) is 3.07. The van der Waals surface area contributed by atoms with Gasteiger partial charge in [0.05, 0.1) is 4.92 Å². The van der Waals surface area contributed by atoms with E-state index in [-0.39, 0.29) is 17.9 Å². The zero-order valence-corrected chi connectivity index (χ0v) is 12.6. The van der Waals surface area contributed by atoms with Crippen molar-refractivity contribution >= 4 is 34.5 Å². The maximum absolute atomic E-state index is 11.7. The predicted molar refractivity (Wildman–Crippen MR) is 84.0 cm³/mol. The number of hydrogen-bond donors (Lipinski definition) is 3. The van der Waals surface area contributed by atoms with Crippen LogP contribution in [0.25, 0.3) is 0 Å². The van der Waals surface area contributed by atoms with Gasteiger partial charge in [-0.15, -0.1) is 11.3 Å². The van der Waals surface area contributed by atoms with E-state index in [4.69, 9.17) is 0 Å².